The Morgan fingerprint density at radius 3 is 2.90 bits per heavy atom. The van der Waals surface area contributed by atoms with Crippen molar-refractivity contribution in [2.24, 2.45) is 0 Å². The molecule has 0 bridgehead atoms. The van der Waals surface area contributed by atoms with E-state index in [1.807, 2.05) is 42.1 Å². The minimum atomic E-state index is -0.322. The molecule has 0 aliphatic carbocycles. The Morgan fingerprint density at radius 1 is 1.43 bits per heavy atom. The van der Waals surface area contributed by atoms with Crippen LogP contribution in [0.4, 0.5) is 0 Å². The Balaban J connectivity index is 1.86. The number of carbonyl (C=O) groups is 1. The highest BCUT2D eigenvalue weighted by Crippen LogP contribution is 2.41. The number of allylic oxidation sites excluding steroid dienone is 1. The molecule has 1 fully saturated rings. The highest BCUT2D eigenvalue weighted by Gasteiger charge is 2.35. The maximum Gasteiger partial charge on any atom is 0.327 e. The molecule has 1 saturated heterocycles. The summed E-state index contributed by atoms with van der Waals surface area (Å²) in [7, 11) is 1.46. The van der Waals surface area contributed by atoms with Crippen LogP contribution in [0.2, 0.25) is 0 Å². The number of fused-ring (bicyclic) bond motifs is 1. The summed E-state index contributed by atoms with van der Waals surface area (Å²) in [6.07, 6.45) is 3.22. The van der Waals surface area contributed by atoms with Gasteiger partial charge in [-0.05, 0) is 23.6 Å². The molecule has 3 nitrogen and oxygen atoms in total. The molecule has 0 N–H and O–H groups in total. The maximum atomic E-state index is 12.3. The first kappa shape index (κ1) is 14.4. The van der Waals surface area contributed by atoms with Crippen molar-refractivity contribution in [3.8, 4) is 0 Å². The molecule has 2 aliphatic heterocycles. The molecule has 2 unspecified atom stereocenters. The molecule has 3 rings (SSSR count). The summed E-state index contributed by atoms with van der Waals surface area (Å²) in [5.41, 5.74) is 2.37. The molecule has 2 heterocycles. The van der Waals surface area contributed by atoms with E-state index in [9.17, 15) is 4.79 Å². The van der Waals surface area contributed by atoms with Gasteiger partial charge >= 0.3 is 5.97 Å². The van der Waals surface area contributed by atoms with E-state index in [-0.39, 0.29) is 12.0 Å². The van der Waals surface area contributed by atoms with Crippen molar-refractivity contribution in [1.29, 1.82) is 0 Å². The van der Waals surface area contributed by atoms with Gasteiger partial charge < -0.3 is 4.74 Å². The van der Waals surface area contributed by atoms with Gasteiger partial charge in [0.05, 0.1) is 7.11 Å². The fraction of sp³-hybridized carbons (Fsp3) is 0.353. The number of likely N-dealkylation sites (tertiary alicyclic amines) is 1. The van der Waals surface area contributed by atoms with Crippen LogP contribution in [-0.4, -0.2) is 36.3 Å². The zero-order chi connectivity index (χ0) is 14.8. The van der Waals surface area contributed by atoms with Crippen molar-refractivity contribution < 1.29 is 9.53 Å². The second-order valence-electron chi connectivity index (χ2n) is 5.39. The molecule has 4 heteroatoms. The van der Waals surface area contributed by atoms with Crippen LogP contribution in [0.1, 0.15) is 18.0 Å². The highest BCUT2D eigenvalue weighted by atomic mass is 32.2. The predicted octanol–water partition coefficient (Wildman–Crippen LogP) is 3.16. The first-order chi connectivity index (χ1) is 10.2. The predicted molar refractivity (Wildman–Crippen MR) is 86.0 cm³/mol. The quantitative estimate of drug-likeness (QED) is 0.802. The van der Waals surface area contributed by atoms with E-state index < -0.39 is 0 Å². The third-order valence-corrected chi connectivity index (χ3v) is 5.27. The van der Waals surface area contributed by atoms with Crippen LogP contribution in [-0.2, 0) is 9.53 Å². The average molecular weight is 301 g/mol. The van der Waals surface area contributed by atoms with E-state index >= 15 is 0 Å². The first-order valence-corrected chi connectivity index (χ1v) is 8.00. The largest absolute Gasteiger partial charge is 0.468 e. The SMILES string of the molecule is C=C1C=C2CN(C(C(=O)OC)c3ccccc3)CCC2S1. The maximum absolute atomic E-state index is 12.3. The number of ether oxygens (including phenoxy) is 1. The lowest BCUT2D eigenvalue weighted by Crippen LogP contribution is -2.42. The lowest BCUT2D eigenvalue weighted by molar-refractivity contribution is -0.147. The summed E-state index contributed by atoms with van der Waals surface area (Å²) in [5, 5.41) is 0.544. The van der Waals surface area contributed by atoms with Gasteiger partial charge in [0.1, 0.15) is 6.04 Å². The number of carbonyl (C=O) groups excluding carboxylic acids is 1. The van der Waals surface area contributed by atoms with Gasteiger partial charge in [0, 0.05) is 23.2 Å². The summed E-state index contributed by atoms with van der Waals surface area (Å²) >= 11 is 1.84. The van der Waals surface area contributed by atoms with Crippen molar-refractivity contribution in [1.82, 2.24) is 4.90 Å². The Hall–Kier alpha value is -1.52. The second-order valence-corrected chi connectivity index (χ2v) is 6.72. The van der Waals surface area contributed by atoms with E-state index in [0.717, 1.165) is 30.0 Å². The van der Waals surface area contributed by atoms with Crippen LogP contribution >= 0.6 is 11.8 Å². The molecular weight excluding hydrogens is 282 g/mol. The summed E-state index contributed by atoms with van der Waals surface area (Å²) in [5.74, 6) is -0.190. The van der Waals surface area contributed by atoms with Gasteiger partial charge in [-0.1, -0.05) is 36.9 Å². The second kappa shape index (κ2) is 6.08. The van der Waals surface area contributed by atoms with Crippen LogP contribution < -0.4 is 0 Å². The molecule has 0 spiro atoms. The lowest BCUT2D eigenvalue weighted by atomic mass is 9.98. The Kier molecular flexibility index (Phi) is 4.17. The highest BCUT2D eigenvalue weighted by molar-refractivity contribution is 8.04. The van der Waals surface area contributed by atoms with E-state index in [4.69, 9.17) is 4.74 Å². The topological polar surface area (TPSA) is 29.5 Å². The molecule has 2 aliphatic rings. The number of piperidine rings is 1. The third kappa shape index (κ3) is 2.92. The number of hydrogen-bond acceptors (Lipinski definition) is 4. The van der Waals surface area contributed by atoms with Gasteiger partial charge in [0.25, 0.3) is 0 Å². The van der Waals surface area contributed by atoms with E-state index in [1.54, 1.807) is 0 Å². The van der Waals surface area contributed by atoms with Gasteiger partial charge in [-0.15, -0.1) is 11.8 Å². The number of benzene rings is 1. The standard InChI is InChI=1S/C17H19NO2S/c1-12-10-14-11-18(9-8-15(14)21-12)16(17(19)20-2)13-6-4-3-5-7-13/h3-7,10,15-16H,1,8-9,11H2,2H3. The summed E-state index contributed by atoms with van der Waals surface area (Å²) in [6, 6.07) is 9.55. The molecule has 1 aromatic carbocycles. The van der Waals surface area contributed by atoms with Crippen LogP contribution in [0.3, 0.4) is 0 Å². The monoisotopic (exact) mass is 301 g/mol. The van der Waals surface area contributed by atoms with Crippen molar-refractivity contribution >= 4 is 17.7 Å². The molecular formula is C17H19NO2S. The lowest BCUT2D eigenvalue weighted by Gasteiger charge is -2.36. The smallest absolute Gasteiger partial charge is 0.327 e. The van der Waals surface area contributed by atoms with Crippen molar-refractivity contribution in [2.75, 3.05) is 20.2 Å². The average Bonchev–Trinajstić information content (AvgIpc) is 2.88. The Labute approximate surface area is 129 Å². The number of thioether (sulfide) groups is 1. The molecule has 0 aromatic heterocycles. The first-order valence-electron chi connectivity index (χ1n) is 7.12. The number of methoxy groups -OCH3 is 1. The molecule has 2 atom stereocenters. The van der Waals surface area contributed by atoms with Crippen LogP contribution in [0.25, 0.3) is 0 Å². The minimum absolute atomic E-state index is 0.190. The molecule has 0 radical (unpaired) electrons. The van der Waals surface area contributed by atoms with Crippen molar-refractivity contribution in [2.45, 2.75) is 17.7 Å². The minimum Gasteiger partial charge on any atom is -0.468 e. The van der Waals surface area contributed by atoms with Crippen LogP contribution in [0.5, 0.6) is 0 Å². The van der Waals surface area contributed by atoms with Crippen molar-refractivity contribution in [3.63, 3.8) is 0 Å². The van der Waals surface area contributed by atoms with Crippen LogP contribution in [0.15, 0.2) is 53.5 Å². The van der Waals surface area contributed by atoms with Gasteiger partial charge in [-0.2, -0.15) is 0 Å². The van der Waals surface area contributed by atoms with Gasteiger partial charge in [-0.25, -0.2) is 4.79 Å². The summed E-state index contributed by atoms with van der Waals surface area (Å²) in [6.45, 7) is 5.74. The summed E-state index contributed by atoms with van der Waals surface area (Å²) in [4.78, 5) is 15.6. The zero-order valence-corrected chi connectivity index (χ0v) is 12.9. The number of rotatable bonds is 3. The van der Waals surface area contributed by atoms with E-state index in [2.05, 4.69) is 17.6 Å². The van der Waals surface area contributed by atoms with Gasteiger partial charge in [-0.3, -0.25) is 4.90 Å². The van der Waals surface area contributed by atoms with Gasteiger partial charge in [0.15, 0.2) is 0 Å². The van der Waals surface area contributed by atoms with E-state index in [1.165, 1.54) is 12.7 Å². The fourth-order valence-electron chi connectivity index (χ4n) is 3.04. The van der Waals surface area contributed by atoms with Crippen molar-refractivity contribution in [3.05, 3.63) is 59.0 Å². The number of nitrogens with zero attached hydrogens (tertiary/aromatic N) is 1. The molecule has 110 valence electrons. The van der Waals surface area contributed by atoms with E-state index in [0.29, 0.717) is 5.25 Å². The molecule has 0 amide bonds. The Bertz CT molecular complexity index is 582. The normalized spacial score (nSPS) is 23.4. The third-order valence-electron chi connectivity index (χ3n) is 4.02. The number of hydrogen-bond donors (Lipinski definition) is 0. The fourth-order valence-corrected chi connectivity index (χ4v) is 4.15. The van der Waals surface area contributed by atoms with Crippen LogP contribution in [0, 0.1) is 0 Å². The molecule has 1 aromatic rings. The molecule has 21 heavy (non-hydrogen) atoms. The summed E-state index contributed by atoms with van der Waals surface area (Å²) < 4.78 is 5.03. The van der Waals surface area contributed by atoms with Gasteiger partial charge in [0.2, 0.25) is 0 Å². The Morgan fingerprint density at radius 2 is 2.19 bits per heavy atom. The molecule has 0 saturated carbocycles. The number of esters is 1. The zero-order valence-electron chi connectivity index (χ0n) is 12.1.